The van der Waals surface area contributed by atoms with Gasteiger partial charge in [-0.05, 0) is 35.9 Å². The van der Waals surface area contributed by atoms with Gasteiger partial charge in [0.2, 0.25) is 0 Å². The van der Waals surface area contributed by atoms with Crippen molar-refractivity contribution in [3.8, 4) is 0 Å². The SMILES string of the molecule is Clc1ccc(Cn2cc(/C=N\NCc3c(Cl)cccc3Cl)c3ccccc32)c(Cl)c1. The smallest absolute Gasteiger partial charge is 0.0609 e. The molecule has 0 aliphatic carbocycles. The Morgan fingerprint density at radius 1 is 0.867 bits per heavy atom. The van der Waals surface area contributed by atoms with Crippen molar-refractivity contribution in [1.82, 2.24) is 9.99 Å². The molecule has 3 nitrogen and oxygen atoms in total. The van der Waals surface area contributed by atoms with E-state index in [-0.39, 0.29) is 0 Å². The van der Waals surface area contributed by atoms with Gasteiger partial charge in [0.25, 0.3) is 0 Å². The number of hydrazone groups is 1. The van der Waals surface area contributed by atoms with Crippen molar-refractivity contribution >= 4 is 63.5 Å². The zero-order valence-electron chi connectivity index (χ0n) is 15.7. The summed E-state index contributed by atoms with van der Waals surface area (Å²) >= 11 is 24.8. The summed E-state index contributed by atoms with van der Waals surface area (Å²) in [7, 11) is 0. The molecule has 0 atom stereocenters. The zero-order chi connectivity index (χ0) is 21.1. The van der Waals surface area contributed by atoms with Gasteiger partial charge in [-0.3, -0.25) is 0 Å². The highest BCUT2D eigenvalue weighted by Crippen LogP contribution is 2.26. The van der Waals surface area contributed by atoms with Gasteiger partial charge in [-0.2, -0.15) is 5.10 Å². The normalized spacial score (nSPS) is 11.5. The van der Waals surface area contributed by atoms with Gasteiger partial charge < -0.3 is 9.99 Å². The molecule has 0 saturated heterocycles. The Labute approximate surface area is 194 Å². The fraction of sp³-hybridized carbons (Fsp3) is 0.0870. The molecule has 152 valence electrons. The van der Waals surface area contributed by atoms with Gasteiger partial charge in [-0.15, -0.1) is 0 Å². The molecule has 4 rings (SSSR count). The van der Waals surface area contributed by atoms with E-state index in [9.17, 15) is 0 Å². The molecular formula is C23H17Cl4N3. The topological polar surface area (TPSA) is 29.3 Å². The third-order valence-electron chi connectivity index (χ3n) is 4.79. The van der Waals surface area contributed by atoms with Crippen molar-refractivity contribution in [1.29, 1.82) is 0 Å². The number of benzene rings is 3. The Kier molecular flexibility index (Phi) is 6.55. The van der Waals surface area contributed by atoms with Crippen molar-refractivity contribution in [2.24, 2.45) is 5.10 Å². The number of para-hydroxylation sites is 1. The molecule has 1 heterocycles. The molecule has 0 saturated carbocycles. The number of hydrogen-bond acceptors (Lipinski definition) is 2. The van der Waals surface area contributed by atoms with E-state index in [2.05, 4.69) is 33.4 Å². The van der Waals surface area contributed by atoms with E-state index in [0.717, 1.165) is 27.6 Å². The number of nitrogens with one attached hydrogen (secondary N) is 1. The molecule has 0 unspecified atom stereocenters. The van der Waals surface area contributed by atoms with Crippen LogP contribution < -0.4 is 5.43 Å². The van der Waals surface area contributed by atoms with Crippen LogP contribution in [0.1, 0.15) is 16.7 Å². The Balaban J connectivity index is 1.57. The second kappa shape index (κ2) is 9.32. The first kappa shape index (κ1) is 21.1. The van der Waals surface area contributed by atoms with Gasteiger partial charge in [0.05, 0.1) is 12.8 Å². The van der Waals surface area contributed by atoms with E-state index in [4.69, 9.17) is 46.4 Å². The average Bonchev–Trinajstić information content (AvgIpc) is 3.07. The van der Waals surface area contributed by atoms with Crippen LogP contribution in [-0.2, 0) is 13.1 Å². The molecule has 7 heteroatoms. The number of nitrogens with zero attached hydrogens (tertiary/aromatic N) is 2. The van der Waals surface area contributed by atoms with Gasteiger partial charge >= 0.3 is 0 Å². The van der Waals surface area contributed by atoms with Gasteiger partial charge in [0.15, 0.2) is 0 Å². The lowest BCUT2D eigenvalue weighted by Crippen LogP contribution is -2.06. The molecule has 4 aromatic rings. The Bertz CT molecular complexity index is 1210. The van der Waals surface area contributed by atoms with Crippen LogP contribution in [0.5, 0.6) is 0 Å². The minimum atomic E-state index is 0.439. The predicted octanol–water partition coefficient (Wildman–Crippen LogP) is 7.43. The van der Waals surface area contributed by atoms with E-state index in [1.807, 2.05) is 42.5 Å². The summed E-state index contributed by atoms with van der Waals surface area (Å²) in [4.78, 5) is 0. The van der Waals surface area contributed by atoms with E-state index in [1.54, 1.807) is 12.3 Å². The van der Waals surface area contributed by atoms with E-state index >= 15 is 0 Å². The molecule has 3 aromatic carbocycles. The minimum Gasteiger partial charge on any atom is -0.342 e. The summed E-state index contributed by atoms with van der Waals surface area (Å²) in [5.74, 6) is 0. The Hall–Kier alpha value is -2.17. The third-order valence-corrected chi connectivity index (χ3v) is 6.08. The maximum absolute atomic E-state index is 6.37. The van der Waals surface area contributed by atoms with Crippen LogP contribution in [0.25, 0.3) is 10.9 Å². The summed E-state index contributed by atoms with van der Waals surface area (Å²) in [6.45, 7) is 1.07. The maximum Gasteiger partial charge on any atom is 0.0609 e. The minimum absolute atomic E-state index is 0.439. The summed E-state index contributed by atoms with van der Waals surface area (Å²) in [5.41, 5.74) is 6.93. The lowest BCUT2D eigenvalue weighted by molar-refractivity contribution is 0.748. The summed E-state index contributed by atoms with van der Waals surface area (Å²) in [6.07, 6.45) is 3.86. The number of aromatic nitrogens is 1. The highest BCUT2D eigenvalue weighted by Gasteiger charge is 2.09. The van der Waals surface area contributed by atoms with Crippen LogP contribution in [0.2, 0.25) is 20.1 Å². The average molecular weight is 477 g/mol. The first-order chi connectivity index (χ1) is 14.5. The number of rotatable bonds is 6. The van der Waals surface area contributed by atoms with Crippen molar-refractivity contribution < 1.29 is 0 Å². The molecule has 0 aliphatic rings. The zero-order valence-corrected chi connectivity index (χ0v) is 18.8. The second-order valence-electron chi connectivity index (χ2n) is 6.76. The van der Waals surface area contributed by atoms with E-state index in [0.29, 0.717) is 33.2 Å². The van der Waals surface area contributed by atoms with Crippen molar-refractivity contribution in [3.05, 3.63) is 104 Å². The van der Waals surface area contributed by atoms with Crippen LogP contribution in [0.3, 0.4) is 0 Å². The molecule has 30 heavy (non-hydrogen) atoms. The first-order valence-corrected chi connectivity index (χ1v) is 10.7. The van der Waals surface area contributed by atoms with Crippen molar-refractivity contribution in [3.63, 3.8) is 0 Å². The van der Waals surface area contributed by atoms with Crippen LogP contribution in [0.4, 0.5) is 0 Å². The summed E-state index contributed by atoms with van der Waals surface area (Å²) < 4.78 is 2.15. The summed E-state index contributed by atoms with van der Waals surface area (Å²) in [6, 6.07) is 19.2. The third kappa shape index (κ3) is 4.60. The van der Waals surface area contributed by atoms with Crippen LogP contribution >= 0.6 is 46.4 Å². The number of halogens is 4. The monoisotopic (exact) mass is 475 g/mol. The number of fused-ring (bicyclic) bond motifs is 1. The highest BCUT2D eigenvalue weighted by atomic mass is 35.5. The summed E-state index contributed by atoms with van der Waals surface area (Å²) in [5, 5.41) is 7.97. The van der Waals surface area contributed by atoms with E-state index in [1.165, 1.54) is 0 Å². The van der Waals surface area contributed by atoms with Gasteiger partial charge in [-0.25, -0.2) is 0 Å². The molecule has 0 fully saturated rings. The molecule has 0 radical (unpaired) electrons. The van der Waals surface area contributed by atoms with Crippen LogP contribution in [-0.4, -0.2) is 10.8 Å². The lowest BCUT2D eigenvalue weighted by atomic mass is 10.2. The standard InChI is InChI=1S/C23H17Cl4N3/c24-17-9-8-15(22(27)10-17)13-30-14-16(18-4-1-2-7-23(18)30)11-28-29-12-19-20(25)5-3-6-21(19)26/h1-11,14,29H,12-13H2/b28-11-. The number of hydrogen-bond donors (Lipinski definition) is 1. The molecule has 0 aliphatic heterocycles. The fourth-order valence-corrected chi connectivity index (χ4v) is 4.28. The molecule has 1 N–H and O–H groups in total. The lowest BCUT2D eigenvalue weighted by Gasteiger charge is -2.08. The van der Waals surface area contributed by atoms with Gasteiger partial charge in [0.1, 0.15) is 0 Å². The van der Waals surface area contributed by atoms with Gasteiger partial charge in [0, 0.05) is 54.9 Å². The molecule has 0 spiro atoms. The maximum atomic E-state index is 6.37. The second-order valence-corrected chi connectivity index (χ2v) is 8.42. The van der Waals surface area contributed by atoms with Crippen molar-refractivity contribution in [2.75, 3.05) is 0 Å². The Morgan fingerprint density at radius 2 is 1.63 bits per heavy atom. The van der Waals surface area contributed by atoms with Crippen molar-refractivity contribution in [2.45, 2.75) is 13.1 Å². The van der Waals surface area contributed by atoms with Crippen LogP contribution in [0.15, 0.2) is 72.0 Å². The first-order valence-electron chi connectivity index (χ1n) is 9.23. The molecule has 1 aromatic heterocycles. The van der Waals surface area contributed by atoms with Crippen LogP contribution in [0, 0.1) is 0 Å². The molecule has 0 bridgehead atoms. The quantitative estimate of drug-likeness (QED) is 0.227. The molecular weight excluding hydrogens is 460 g/mol. The highest BCUT2D eigenvalue weighted by molar-refractivity contribution is 6.36. The molecule has 0 amide bonds. The Morgan fingerprint density at radius 3 is 2.40 bits per heavy atom. The van der Waals surface area contributed by atoms with Gasteiger partial charge in [-0.1, -0.05) is 76.7 Å². The largest absolute Gasteiger partial charge is 0.342 e. The predicted molar refractivity (Wildman–Crippen MR) is 128 cm³/mol. The fourth-order valence-electron chi connectivity index (χ4n) is 3.28. The van der Waals surface area contributed by atoms with E-state index < -0.39 is 0 Å².